The van der Waals surface area contributed by atoms with Crippen LogP contribution in [-0.2, 0) is 12.8 Å². The molecule has 3 nitrogen and oxygen atoms in total. The molecule has 0 aliphatic carbocycles. The highest BCUT2D eigenvalue weighted by Crippen LogP contribution is 2.37. The van der Waals surface area contributed by atoms with Gasteiger partial charge in [-0.25, -0.2) is 0 Å². The third-order valence-electron chi connectivity index (χ3n) is 5.35. The lowest BCUT2D eigenvalue weighted by Crippen LogP contribution is -2.28. The first-order valence-corrected chi connectivity index (χ1v) is 10.4. The van der Waals surface area contributed by atoms with Crippen molar-refractivity contribution in [1.82, 2.24) is 9.80 Å². The van der Waals surface area contributed by atoms with Gasteiger partial charge >= 0.3 is 0 Å². The fourth-order valence-electron chi connectivity index (χ4n) is 3.89. The van der Waals surface area contributed by atoms with Crippen LogP contribution >= 0.6 is 11.6 Å². The molecule has 0 N–H and O–H groups in total. The van der Waals surface area contributed by atoms with Gasteiger partial charge in [0.15, 0.2) is 0 Å². The Hall–Kier alpha value is -1.55. The van der Waals surface area contributed by atoms with Gasteiger partial charge in [0, 0.05) is 22.9 Å². The summed E-state index contributed by atoms with van der Waals surface area (Å²) in [5, 5.41) is 0.818. The van der Waals surface area contributed by atoms with E-state index in [0.29, 0.717) is 0 Å². The van der Waals surface area contributed by atoms with Crippen LogP contribution in [0.1, 0.15) is 24.0 Å². The van der Waals surface area contributed by atoms with Gasteiger partial charge < -0.3 is 14.7 Å². The van der Waals surface area contributed by atoms with Crippen molar-refractivity contribution in [1.29, 1.82) is 0 Å². The Balaban J connectivity index is 1.69. The minimum Gasteiger partial charge on any atom is -0.341 e. The third kappa shape index (κ3) is 5.47. The van der Waals surface area contributed by atoms with Gasteiger partial charge in [-0.05, 0) is 95.8 Å². The largest absolute Gasteiger partial charge is 0.341 e. The van der Waals surface area contributed by atoms with Crippen LogP contribution in [0.2, 0.25) is 5.02 Å². The van der Waals surface area contributed by atoms with Crippen LogP contribution in [-0.4, -0.2) is 57.1 Å². The molecule has 0 aromatic heterocycles. The van der Waals surface area contributed by atoms with E-state index in [4.69, 9.17) is 11.6 Å². The first-order chi connectivity index (χ1) is 13.0. The topological polar surface area (TPSA) is 9.72 Å². The van der Waals surface area contributed by atoms with Crippen LogP contribution in [0.5, 0.6) is 0 Å². The van der Waals surface area contributed by atoms with E-state index in [-0.39, 0.29) is 0 Å². The quantitative estimate of drug-likeness (QED) is 0.643. The van der Waals surface area contributed by atoms with Crippen molar-refractivity contribution >= 4 is 23.0 Å². The van der Waals surface area contributed by atoms with Crippen molar-refractivity contribution in [3.05, 3.63) is 58.6 Å². The Morgan fingerprint density at radius 3 is 2.33 bits per heavy atom. The number of rotatable bonds is 8. The monoisotopic (exact) mass is 385 g/mol. The van der Waals surface area contributed by atoms with E-state index in [0.717, 1.165) is 50.5 Å². The van der Waals surface area contributed by atoms with Crippen LogP contribution in [0.25, 0.3) is 0 Å². The number of fused-ring (bicyclic) bond motifs is 2. The zero-order chi connectivity index (χ0) is 19.2. The minimum atomic E-state index is 0.818. The Morgan fingerprint density at radius 2 is 1.56 bits per heavy atom. The lowest BCUT2D eigenvalue weighted by atomic mass is 10.0. The molecule has 0 radical (unpaired) electrons. The van der Waals surface area contributed by atoms with Gasteiger partial charge in [0.05, 0.1) is 0 Å². The maximum Gasteiger partial charge on any atom is 0.0458 e. The van der Waals surface area contributed by atoms with E-state index in [2.05, 4.69) is 72.2 Å². The summed E-state index contributed by atoms with van der Waals surface area (Å²) in [5.41, 5.74) is 5.45. The van der Waals surface area contributed by atoms with Gasteiger partial charge in [0.25, 0.3) is 0 Å². The predicted octanol–water partition coefficient (Wildman–Crippen LogP) is 4.85. The van der Waals surface area contributed by atoms with Crippen LogP contribution < -0.4 is 4.90 Å². The van der Waals surface area contributed by atoms with Crippen molar-refractivity contribution in [2.24, 2.45) is 0 Å². The summed E-state index contributed by atoms with van der Waals surface area (Å²) in [6.45, 7) is 4.43. The molecule has 1 aliphatic rings. The second kappa shape index (κ2) is 9.59. The smallest absolute Gasteiger partial charge is 0.0458 e. The van der Waals surface area contributed by atoms with E-state index in [1.807, 2.05) is 6.07 Å². The second-order valence-electron chi connectivity index (χ2n) is 7.87. The van der Waals surface area contributed by atoms with Crippen LogP contribution in [0, 0.1) is 0 Å². The van der Waals surface area contributed by atoms with Crippen LogP contribution in [0.4, 0.5) is 11.4 Å². The number of hydrogen-bond acceptors (Lipinski definition) is 3. The van der Waals surface area contributed by atoms with Gasteiger partial charge in [0.1, 0.15) is 0 Å². The normalized spacial score (nSPS) is 13.6. The van der Waals surface area contributed by atoms with Gasteiger partial charge in [-0.3, -0.25) is 0 Å². The second-order valence-corrected chi connectivity index (χ2v) is 8.30. The van der Waals surface area contributed by atoms with Gasteiger partial charge in [-0.2, -0.15) is 0 Å². The number of aryl methyl sites for hydroxylation is 2. The highest BCUT2D eigenvalue weighted by molar-refractivity contribution is 6.30. The van der Waals surface area contributed by atoms with Crippen LogP contribution in [0.3, 0.4) is 0 Å². The van der Waals surface area contributed by atoms with Crippen molar-refractivity contribution in [2.45, 2.75) is 25.7 Å². The molecule has 4 heteroatoms. The van der Waals surface area contributed by atoms with Gasteiger partial charge in [-0.15, -0.1) is 0 Å². The molecule has 27 heavy (non-hydrogen) atoms. The summed E-state index contributed by atoms with van der Waals surface area (Å²) in [4.78, 5) is 7.19. The molecule has 0 fully saturated rings. The molecule has 0 saturated heterocycles. The average Bonchev–Trinajstić information content (AvgIpc) is 2.79. The molecule has 0 bridgehead atoms. The maximum absolute atomic E-state index is 6.35. The van der Waals surface area contributed by atoms with Crippen molar-refractivity contribution < 1.29 is 0 Å². The fraction of sp³-hybridized carbons (Fsp3) is 0.478. The molecule has 1 heterocycles. The first-order valence-electron chi connectivity index (χ1n) is 10.0. The number of hydrogen-bond donors (Lipinski definition) is 0. The molecule has 0 atom stereocenters. The van der Waals surface area contributed by atoms with Crippen molar-refractivity contribution in [3.63, 3.8) is 0 Å². The first kappa shape index (κ1) is 20.2. The highest BCUT2D eigenvalue weighted by atomic mass is 35.5. The Morgan fingerprint density at radius 1 is 0.852 bits per heavy atom. The van der Waals surface area contributed by atoms with Gasteiger partial charge in [0.2, 0.25) is 0 Å². The molecular weight excluding hydrogens is 354 g/mol. The molecule has 0 unspecified atom stereocenters. The van der Waals surface area contributed by atoms with Crippen LogP contribution in [0.15, 0.2) is 42.5 Å². The summed E-state index contributed by atoms with van der Waals surface area (Å²) in [5.74, 6) is 0. The van der Waals surface area contributed by atoms with E-state index >= 15 is 0 Å². The summed E-state index contributed by atoms with van der Waals surface area (Å²) >= 11 is 6.35. The Bertz CT molecular complexity index is 744. The van der Waals surface area contributed by atoms with E-state index in [1.165, 1.54) is 28.9 Å². The highest BCUT2D eigenvalue weighted by Gasteiger charge is 2.20. The van der Waals surface area contributed by atoms with E-state index < -0.39 is 0 Å². The molecule has 2 aromatic rings. The SMILES string of the molecule is CN(C)CCCN(C)CCCN1c2ccccc2CCc2ccc(Cl)cc21. The summed E-state index contributed by atoms with van der Waals surface area (Å²) in [6.07, 6.45) is 4.52. The van der Waals surface area contributed by atoms with Crippen molar-refractivity contribution in [2.75, 3.05) is 52.2 Å². The zero-order valence-corrected chi connectivity index (χ0v) is 17.7. The molecule has 1 aliphatic heterocycles. The number of nitrogens with zero attached hydrogens (tertiary/aromatic N) is 3. The number of anilines is 2. The minimum absolute atomic E-state index is 0.818. The summed E-state index contributed by atoms with van der Waals surface area (Å²) in [7, 11) is 6.51. The number of halogens is 1. The number of para-hydroxylation sites is 1. The Kier molecular flexibility index (Phi) is 7.17. The molecule has 0 spiro atoms. The summed E-state index contributed by atoms with van der Waals surface area (Å²) in [6, 6.07) is 15.2. The predicted molar refractivity (Wildman–Crippen MR) is 118 cm³/mol. The average molecular weight is 386 g/mol. The molecule has 146 valence electrons. The summed E-state index contributed by atoms with van der Waals surface area (Å²) < 4.78 is 0. The molecular formula is C23H32ClN3. The number of benzene rings is 2. The maximum atomic E-state index is 6.35. The van der Waals surface area contributed by atoms with Gasteiger partial charge in [-0.1, -0.05) is 35.9 Å². The third-order valence-corrected chi connectivity index (χ3v) is 5.59. The van der Waals surface area contributed by atoms with E-state index in [1.54, 1.807) is 0 Å². The lowest BCUT2D eigenvalue weighted by molar-refractivity contribution is 0.299. The Labute approximate surface area is 169 Å². The molecule has 0 amide bonds. The van der Waals surface area contributed by atoms with Crippen molar-refractivity contribution in [3.8, 4) is 0 Å². The lowest BCUT2D eigenvalue weighted by Gasteiger charge is -2.28. The molecule has 2 aromatic carbocycles. The molecule has 3 rings (SSSR count). The fourth-order valence-corrected chi connectivity index (χ4v) is 4.06. The molecule has 0 saturated carbocycles. The standard InChI is InChI=1S/C23H32ClN3/c1-25(2)14-6-15-26(3)16-7-17-27-22-9-5-4-8-19(22)10-11-20-12-13-21(24)18-23(20)27/h4-5,8-9,12-13,18H,6-7,10-11,14-17H2,1-3H3. The van der Waals surface area contributed by atoms with E-state index in [9.17, 15) is 0 Å². The zero-order valence-electron chi connectivity index (χ0n) is 16.9.